The Morgan fingerprint density at radius 1 is 1.30 bits per heavy atom. The van der Waals surface area contributed by atoms with E-state index in [1.165, 1.54) is 22.4 Å². The largest absolute Gasteiger partial charge is 0.365 e. The molecule has 0 spiro atoms. The highest BCUT2D eigenvalue weighted by molar-refractivity contribution is 6.31. The van der Waals surface area contributed by atoms with Gasteiger partial charge in [0.25, 0.3) is 0 Å². The van der Waals surface area contributed by atoms with Gasteiger partial charge in [0.05, 0.1) is 5.54 Å². The number of hydrogen-bond acceptors (Lipinski definition) is 2. The van der Waals surface area contributed by atoms with Crippen LogP contribution in [0.25, 0.3) is 5.57 Å². The summed E-state index contributed by atoms with van der Waals surface area (Å²) in [5.41, 5.74) is 5.06. The molecule has 20 heavy (non-hydrogen) atoms. The summed E-state index contributed by atoms with van der Waals surface area (Å²) in [6.45, 7) is 10.7. The van der Waals surface area contributed by atoms with E-state index in [0.717, 1.165) is 24.5 Å². The number of likely N-dealkylation sites (N-methyl/N-ethyl adjacent to an activating group) is 1. The molecule has 0 saturated carbocycles. The third-order valence-electron chi connectivity index (χ3n) is 4.13. The summed E-state index contributed by atoms with van der Waals surface area (Å²) < 4.78 is 0. The lowest BCUT2D eigenvalue weighted by molar-refractivity contribution is 0.597. The average molecular weight is 293 g/mol. The summed E-state index contributed by atoms with van der Waals surface area (Å²) in [6, 6.07) is 4.34. The molecule has 0 bridgehead atoms. The van der Waals surface area contributed by atoms with Crippen molar-refractivity contribution in [2.24, 2.45) is 0 Å². The minimum atomic E-state index is 0.0301. The van der Waals surface area contributed by atoms with Gasteiger partial charge in [-0.2, -0.15) is 0 Å². The summed E-state index contributed by atoms with van der Waals surface area (Å²) in [5.74, 6) is 0. The van der Waals surface area contributed by atoms with Gasteiger partial charge in [0.15, 0.2) is 0 Å². The van der Waals surface area contributed by atoms with Crippen LogP contribution in [0.4, 0.5) is 5.69 Å². The molecule has 3 heteroatoms. The van der Waals surface area contributed by atoms with Crippen molar-refractivity contribution in [3.8, 4) is 0 Å². The van der Waals surface area contributed by atoms with Crippen LogP contribution in [0.3, 0.4) is 0 Å². The smallest absolute Gasteiger partial charge is 0.0531 e. The number of benzene rings is 1. The zero-order chi connectivity index (χ0) is 14.9. The highest BCUT2D eigenvalue weighted by Crippen LogP contribution is 2.40. The summed E-state index contributed by atoms with van der Waals surface area (Å²) in [5, 5.41) is 4.28. The highest BCUT2D eigenvalue weighted by Gasteiger charge is 2.29. The zero-order valence-corrected chi connectivity index (χ0v) is 13.9. The van der Waals surface area contributed by atoms with E-state index >= 15 is 0 Å². The van der Waals surface area contributed by atoms with Crippen molar-refractivity contribution in [1.29, 1.82) is 0 Å². The third kappa shape index (κ3) is 2.87. The van der Waals surface area contributed by atoms with Crippen LogP contribution in [0.15, 0.2) is 18.2 Å². The fraction of sp³-hybridized carbons (Fsp3) is 0.529. The Kier molecular flexibility index (Phi) is 4.46. The molecule has 110 valence electrons. The molecule has 0 aromatic heterocycles. The van der Waals surface area contributed by atoms with Crippen LogP contribution >= 0.6 is 11.6 Å². The predicted molar refractivity (Wildman–Crippen MR) is 89.6 cm³/mol. The number of hydrogen-bond donors (Lipinski definition) is 1. The van der Waals surface area contributed by atoms with Crippen molar-refractivity contribution in [3.63, 3.8) is 0 Å². The van der Waals surface area contributed by atoms with Gasteiger partial charge < -0.3 is 10.2 Å². The standard InChI is InChI=1S/C17H25ClN2/c1-6-7-19-11-13-8-14-12(2)10-17(3,4)20(5)16(14)9-15(13)18/h8-10,19H,6-7,11H2,1-5H3. The lowest BCUT2D eigenvalue weighted by atomic mass is 9.88. The lowest BCUT2D eigenvalue weighted by Crippen LogP contribution is -2.42. The quantitative estimate of drug-likeness (QED) is 0.824. The molecule has 0 atom stereocenters. The molecule has 1 aromatic rings. The Labute approximate surface area is 127 Å². The van der Waals surface area contributed by atoms with Crippen LogP contribution in [0.5, 0.6) is 0 Å². The molecule has 0 radical (unpaired) electrons. The second-order valence-electron chi connectivity index (χ2n) is 6.18. The average Bonchev–Trinajstić information content (AvgIpc) is 2.37. The van der Waals surface area contributed by atoms with E-state index in [1.807, 2.05) is 0 Å². The van der Waals surface area contributed by atoms with Gasteiger partial charge in [-0.15, -0.1) is 0 Å². The number of rotatable bonds is 4. The highest BCUT2D eigenvalue weighted by atomic mass is 35.5. The van der Waals surface area contributed by atoms with E-state index in [2.05, 4.69) is 63.2 Å². The van der Waals surface area contributed by atoms with Crippen LogP contribution in [0.1, 0.15) is 45.2 Å². The fourth-order valence-corrected chi connectivity index (χ4v) is 2.98. The first-order chi connectivity index (χ1) is 9.36. The molecule has 0 amide bonds. The molecule has 1 aromatic carbocycles. The van der Waals surface area contributed by atoms with Gasteiger partial charge in [-0.05, 0) is 57.0 Å². The first-order valence-electron chi connectivity index (χ1n) is 7.33. The zero-order valence-electron chi connectivity index (χ0n) is 13.2. The van der Waals surface area contributed by atoms with Gasteiger partial charge in [-0.1, -0.05) is 24.6 Å². The molecule has 0 aliphatic carbocycles. The molecule has 0 fully saturated rings. The normalized spacial score (nSPS) is 16.9. The molecular weight excluding hydrogens is 268 g/mol. The maximum Gasteiger partial charge on any atom is 0.0531 e. The Balaban J connectivity index is 2.39. The van der Waals surface area contributed by atoms with Gasteiger partial charge in [0.2, 0.25) is 0 Å². The first-order valence-corrected chi connectivity index (χ1v) is 7.71. The van der Waals surface area contributed by atoms with Crippen molar-refractivity contribution >= 4 is 22.9 Å². The molecule has 2 nitrogen and oxygen atoms in total. The van der Waals surface area contributed by atoms with Crippen molar-refractivity contribution in [2.75, 3.05) is 18.5 Å². The Bertz CT molecular complexity index is 532. The van der Waals surface area contributed by atoms with Crippen LogP contribution < -0.4 is 10.2 Å². The van der Waals surface area contributed by atoms with Gasteiger partial charge in [-0.3, -0.25) is 0 Å². The van der Waals surface area contributed by atoms with E-state index in [9.17, 15) is 0 Å². The Morgan fingerprint density at radius 2 is 2.00 bits per heavy atom. The summed E-state index contributed by atoms with van der Waals surface area (Å²) in [6.07, 6.45) is 3.46. The number of nitrogens with one attached hydrogen (secondary N) is 1. The SMILES string of the molecule is CCCNCc1cc2c(cc1Cl)N(C)C(C)(C)C=C2C. The minimum absolute atomic E-state index is 0.0301. The number of halogens is 1. The second-order valence-corrected chi connectivity index (χ2v) is 6.58. The first kappa shape index (κ1) is 15.4. The van der Waals surface area contributed by atoms with Crippen molar-refractivity contribution in [2.45, 2.75) is 46.2 Å². The second kappa shape index (κ2) is 5.79. The van der Waals surface area contributed by atoms with Crippen LogP contribution in [-0.2, 0) is 6.54 Å². The lowest BCUT2D eigenvalue weighted by Gasteiger charge is -2.41. The molecule has 1 aliphatic heterocycles. The van der Waals surface area contributed by atoms with Gasteiger partial charge in [0.1, 0.15) is 0 Å². The molecule has 0 unspecified atom stereocenters. The maximum atomic E-state index is 6.46. The number of nitrogens with zero attached hydrogens (tertiary/aromatic N) is 1. The summed E-state index contributed by atoms with van der Waals surface area (Å²) in [7, 11) is 2.13. The fourth-order valence-electron chi connectivity index (χ4n) is 2.75. The molecule has 1 N–H and O–H groups in total. The van der Waals surface area contributed by atoms with Crippen LogP contribution in [0.2, 0.25) is 5.02 Å². The summed E-state index contributed by atoms with van der Waals surface area (Å²) >= 11 is 6.46. The molecule has 1 aliphatic rings. The molecule has 1 heterocycles. The van der Waals surface area contributed by atoms with Gasteiger partial charge in [0, 0.05) is 29.9 Å². The minimum Gasteiger partial charge on any atom is -0.365 e. The molecular formula is C17H25ClN2. The van der Waals surface area contributed by atoms with Crippen molar-refractivity contribution < 1.29 is 0 Å². The Hall–Kier alpha value is -0.990. The monoisotopic (exact) mass is 292 g/mol. The van der Waals surface area contributed by atoms with Crippen molar-refractivity contribution in [3.05, 3.63) is 34.4 Å². The number of allylic oxidation sites excluding steroid dienone is 1. The topological polar surface area (TPSA) is 15.3 Å². The number of fused-ring (bicyclic) bond motifs is 1. The van der Waals surface area contributed by atoms with Gasteiger partial charge >= 0.3 is 0 Å². The summed E-state index contributed by atoms with van der Waals surface area (Å²) in [4.78, 5) is 2.30. The Morgan fingerprint density at radius 3 is 2.65 bits per heavy atom. The maximum absolute atomic E-state index is 6.46. The van der Waals surface area contributed by atoms with Crippen molar-refractivity contribution in [1.82, 2.24) is 5.32 Å². The van der Waals surface area contributed by atoms with E-state index in [-0.39, 0.29) is 5.54 Å². The van der Waals surface area contributed by atoms with Gasteiger partial charge in [-0.25, -0.2) is 0 Å². The van der Waals surface area contributed by atoms with E-state index < -0.39 is 0 Å². The third-order valence-corrected chi connectivity index (χ3v) is 4.48. The van der Waals surface area contributed by atoms with Crippen LogP contribution in [0, 0.1) is 0 Å². The van der Waals surface area contributed by atoms with E-state index in [0.29, 0.717) is 0 Å². The number of anilines is 1. The molecule has 0 saturated heterocycles. The van der Waals surface area contributed by atoms with E-state index in [4.69, 9.17) is 11.6 Å². The van der Waals surface area contributed by atoms with Crippen LogP contribution in [-0.4, -0.2) is 19.1 Å². The molecule has 2 rings (SSSR count). The van der Waals surface area contributed by atoms with E-state index in [1.54, 1.807) is 0 Å². The predicted octanol–water partition coefficient (Wildman–Crippen LogP) is 4.47.